The zero-order valence-corrected chi connectivity index (χ0v) is 14.2. The molecule has 1 saturated heterocycles. The highest BCUT2D eigenvalue weighted by atomic mass is 16.5. The van der Waals surface area contributed by atoms with Crippen molar-refractivity contribution < 1.29 is 20.1 Å². The van der Waals surface area contributed by atoms with E-state index < -0.39 is 23.2 Å². The van der Waals surface area contributed by atoms with Gasteiger partial charge in [0.15, 0.2) is 11.5 Å². The Labute approximate surface area is 141 Å². The molecule has 6 atom stereocenters. The van der Waals surface area contributed by atoms with Crippen LogP contribution in [-0.4, -0.2) is 57.2 Å². The second kappa shape index (κ2) is 4.45. The summed E-state index contributed by atoms with van der Waals surface area (Å²) in [5.74, 6) is 0.615. The normalized spacial score (nSPS) is 46.2. The first-order valence-electron chi connectivity index (χ1n) is 9.04. The number of rotatable bonds is 0. The quantitative estimate of drug-likeness (QED) is 0.669. The fourth-order valence-electron chi connectivity index (χ4n) is 6.13. The number of ether oxygens (including phenoxy) is 1. The molecule has 130 valence electrons. The van der Waals surface area contributed by atoms with Crippen LogP contribution in [0.3, 0.4) is 0 Å². The molecule has 1 aromatic carbocycles. The third kappa shape index (κ3) is 1.44. The van der Waals surface area contributed by atoms with Crippen molar-refractivity contribution in [2.45, 2.75) is 74.3 Å². The van der Waals surface area contributed by atoms with Crippen LogP contribution in [0.25, 0.3) is 0 Å². The molecule has 2 aliphatic heterocycles. The van der Waals surface area contributed by atoms with Crippen molar-refractivity contribution in [3.8, 4) is 11.5 Å². The fraction of sp³-hybridized carbons (Fsp3) is 0.684. The van der Waals surface area contributed by atoms with Crippen LogP contribution in [0.2, 0.25) is 0 Å². The van der Waals surface area contributed by atoms with Crippen LogP contribution in [0, 0.1) is 0 Å². The minimum atomic E-state index is -0.928. The van der Waals surface area contributed by atoms with E-state index in [-0.39, 0.29) is 11.8 Å². The molecule has 24 heavy (non-hydrogen) atoms. The molecule has 5 heteroatoms. The van der Waals surface area contributed by atoms with E-state index in [0.717, 1.165) is 30.4 Å². The van der Waals surface area contributed by atoms with E-state index in [1.807, 2.05) is 6.07 Å². The second-order valence-corrected chi connectivity index (χ2v) is 8.26. The van der Waals surface area contributed by atoms with Crippen LogP contribution in [0.4, 0.5) is 0 Å². The van der Waals surface area contributed by atoms with Gasteiger partial charge in [-0.05, 0) is 57.7 Å². The Hall–Kier alpha value is -1.30. The number of phenolic OH excluding ortho intramolecular Hbond substituents is 1. The van der Waals surface area contributed by atoms with E-state index in [0.29, 0.717) is 24.6 Å². The van der Waals surface area contributed by atoms with Crippen molar-refractivity contribution in [3.05, 3.63) is 23.3 Å². The number of nitrogens with zero attached hydrogens (tertiary/aromatic N) is 1. The molecule has 2 aliphatic carbocycles. The number of aliphatic hydroxyl groups excluding tert-OH is 1. The van der Waals surface area contributed by atoms with Gasteiger partial charge in [0.05, 0.1) is 17.1 Å². The summed E-state index contributed by atoms with van der Waals surface area (Å²) >= 11 is 0. The number of benzene rings is 1. The van der Waals surface area contributed by atoms with Crippen LogP contribution in [0.15, 0.2) is 12.1 Å². The number of aromatic hydroxyl groups is 1. The number of likely N-dealkylation sites (N-methyl/N-ethyl adjacent to an activating group) is 1. The number of likely N-dealkylation sites (tertiary alicyclic amines) is 1. The molecule has 2 unspecified atom stereocenters. The monoisotopic (exact) mass is 331 g/mol. The molecule has 2 fully saturated rings. The summed E-state index contributed by atoms with van der Waals surface area (Å²) in [5, 5.41) is 33.0. The summed E-state index contributed by atoms with van der Waals surface area (Å²) in [7, 11) is 2.11. The first-order valence-corrected chi connectivity index (χ1v) is 9.04. The molecule has 0 aromatic heterocycles. The Morgan fingerprint density at radius 2 is 2.04 bits per heavy atom. The first kappa shape index (κ1) is 15.0. The van der Waals surface area contributed by atoms with E-state index in [2.05, 4.69) is 18.9 Å². The lowest BCUT2D eigenvalue weighted by atomic mass is 9.50. The summed E-state index contributed by atoms with van der Waals surface area (Å²) in [5.41, 5.74) is 0.570. The van der Waals surface area contributed by atoms with Gasteiger partial charge >= 0.3 is 0 Å². The minimum Gasteiger partial charge on any atom is -0.504 e. The second-order valence-electron chi connectivity index (χ2n) is 8.26. The highest BCUT2D eigenvalue weighted by Crippen LogP contribution is 2.65. The van der Waals surface area contributed by atoms with Gasteiger partial charge in [-0.25, -0.2) is 0 Å². The maximum atomic E-state index is 12.0. The lowest BCUT2D eigenvalue weighted by Gasteiger charge is -2.58. The third-order valence-electron chi connectivity index (χ3n) is 7.45. The van der Waals surface area contributed by atoms with E-state index in [1.54, 1.807) is 6.07 Å². The predicted molar refractivity (Wildman–Crippen MR) is 88.3 cm³/mol. The zero-order valence-electron chi connectivity index (χ0n) is 14.2. The van der Waals surface area contributed by atoms with Gasteiger partial charge in [0, 0.05) is 17.6 Å². The van der Waals surface area contributed by atoms with Crippen molar-refractivity contribution in [3.63, 3.8) is 0 Å². The summed E-state index contributed by atoms with van der Waals surface area (Å²) in [6, 6.07) is 4.04. The van der Waals surface area contributed by atoms with Gasteiger partial charge in [-0.2, -0.15) is 0 Å². The minimum absolute atomic E-state index is 0.0107. The van der Waals surface area contributed by atoms with Gasteiger partial charge in [0.25, 0.3) is 0 Å². The zero-order chi connectivity index (χ0) is 16.9. The van der Waals surface area contributed by atoms with Crippen LogP contribution in [-0.2, 0) is 11.8 Å². The van der Waals surface area contributed by atoms with Crippen molar-refractivity contribution in [1.29, 1.82) is 0 Å². The molecule has 3 N–H and O–H groups in total. The SMILES string of the molecule is CC1CC[C@]23c4c5ccc(O)c4O[C@H]2[C@@H](O)CC[C@@]3(O)C(C5)N1C. The third-order valence-corrected chi connectivity index (χ3v) is 7.45. The molecule has 5 nitrogen and oxygen atoms in total. The fourth-order valence-corrected chi connectivity index (χ4v) is 6.13. The smallest absolute Gasteiger partial charge is 0.165 e. The van der Waals surface area contributed by atoms with Crippen molar-refractivity contribution in [2.75, 3.05) is 7.05 Å². The first-order chi connectivity index (χ1) is 11.4. The summed E-state index contributed by atoms with van der Waals surface area (Å²) in [6.07, 6.45) is 2.50. The number of phenols is 1. The summed E-state index contributed by atoms with van der Waals surface area (Å²) in [4.78, 5) is 2.32. The summed E-state index contributed by atoms with van der Waals surface area (Å²) < 4.78 is 6.13. The van der Waals surface area contributed by atoms with Gasteiger partial charge in [0.2, 0.25) is 0 Å². The Morgan fingerprint density at radius 3 is 2.83 bits per heavy atom. The van der Waals surface area contributed by atoms with Crippen molar-refractivity contribution >= 4 is 0 Å². The highest BCUT2D eigenvalue weighted by Gasteiger charge is 2.71. The molecule has 0 amide bonds. The standard InChI is InChI=1S/C19H25NO4/c1-10-5-7-18-15-11-3-4-12(21)16(15)24-17(18)13(22)6-8-19(18,23)14(9-11)20(10)2/h3-4,10,13-14,17,21-23H,5-9H2,1-2H3/t10?,13-,14?,17-,18-,19+/m0/s1. The van der Waals surface area contributed by atoms with Crippen LogP contribution < -0.4 is 4.74 Å². The molecule has 1 aromatic rings. The molecule has 4 aliphatic rings. The predicted octanol–water partition coefficient (Wildman–Crippen LogP) is 1.32. The largest absolute Gasteiger partial charge is 0.504 e. The average molecular weight is 331 g/mol. The van der Waals surface area contributed by atoms with Gasteiger partial charge in [-0.3, -0.25) is 4.90 Å². The topological polar surface area (TPSA) is 73.2 Å². The lowest BCUT2D eigenvalue weighted by molar-refractivity contribution is -0.176. The van der Waals surface area contributed by atoms with Crippen LogP contribution >= 0.6 is 0 Å². The van der Waals surface area contributed by atoms with Gasteiger partial charge in [0.1, 0.15) is 6.10 Å². The van der Waals surface area contributed by atoms with E-state index in [1.165, 1.54) is 0 Å². The molecule has 1 saturated carbocycles. The molecular formula is C19H25NO4. The van der Waals surface area contributed by atoms with Gasteiger partial charge in [-0.1, -0.05) is 6.07 Å². The average Bonchev–Trinajstić information content (AvgIpc) is 2.92. The molecule has 0 radical (unpaired) electrons. The van der Waals surface area contributed by atoms with Crippen LogP contribution in [0.1, 0.15) is 43.7 Å². The molecule has 5 rings (SSSR count). The lowest BCUT2D eigenvalue weighted by Crippen LogP contribution is -2.72. The molecule has 2 heterocycles. The maximum absolute atomic E-state index is 12.0. The number of hydrogen-bond acceptors (Lipinski definition) is 5. The van der Waals surface area contributed by atoms with Crippen LogP contribution in [0.5, 0.6) is 11.5 Å². The Bertz CT molecular complexity index is 722. The number of hydrogen-bond donors (Lipinski definition) is 3. The van der Waals surface area contributed by atoms with Crippen molar-refractivity contribution in [2.24, 2.45) is 0 Å². The molecule has 1 spiro atoms. The summed E-state index contributed by atoms with van der Waals surface area (Å²) in [6.45, 7) is 2.21. The van der Waals surface area contributed by atoms with E-state index in [9.17, 15) is 15.3 Å². The van der Waals surface area contributed by atoms with Gasteiger partial charge in [-0.15, -0.1) is 0 Å². The Balaban J connectivity index is 1.85. The van der Waals surface area contributed by atoms with Gasteiger partial charge < -0.3 is 20.1 Å². The Kier molecular flexibility index (Phi) is 2.78. The van der Waals surface area contributed by atoms with Crippen molar-refractivity contribution in [1.82, 2.24) is 4.90 Å². The van der Waals surface area contributed by atoms with E-state index >= 15 is 0 Å². The van der Waals surface area contributed by atoms with E-state index in [4.69, 9.17) is 4.74 Å². The maximum Gasteiger partial charge on any atom is 0.165 e. The highest BCUT2D eigenvalue weighted by molar-refractivity contribution is 5.62. The molecular weight excluding hydrogens is 306 g/mol. The Morgan fingerprint density at radius 1 is 1.25 bits per heavy atom. The molecule has 2 bridgehead atoms. The number of aliphatic hydroxyl groups is 2.